The molecule has 0 aromatic heterocycles. The minimum absolute atomic E-state index is 0.0415. The lowest BCUT2D eigenvalue weighted by Gasteiger charge is -2.37. The zero-order valence-electron chi connectivity index (χ0n) is 30.2. The molecule has 0 fully saturated rings. The number of benzene rings is 3. The molecule has 250 valence electrons. The molecule has 4 heteroatoms. The van der Waals surface area contributed by atoms with Crippen molar-refractivity contribution in [3.63, 3.8) is 0 Å². The van der Waals surface area contributed by atoms with E-state index in [1.807, 2.05) is 7.05 Å². The third kappa shape index (κ3) is 6.37. The number of unbranched alkanes of at least 4 members (excludes halogenated alkanes) is 1. The molecule has 2 aliphatic heterocycles. The number of ether oxygens (including phenoxy) is 1. The van der Waals surface area contributed by atoms with E-state index in [0.29, 0.717) is 12.0 Å². The van der Waals surface area contributed by atoms with Gasteiger partial charge < -0.3 is 15.0 Å². The predicted molar refractivity (Wildman–Crippen MR) is 200 cm³/mol. The highest BCUT2D eigenvalue weighted by Gasteiger charge is 2.46. The summed E-state index contributed by atoms with van der Waals surface area (Å²) in [5, 5.41) is 3.39. The van der Waals surface area contributed by atoms with Crippen molar-refractivity contribution >= 4 is 22.8 Å². The molecule has 0 saturated heterocycles. The van der Waals surface area contributed by atoms with Crippen molar-refractivity contribution in [2.75, 3.05) is 30.4 Å². The maximum atomic E-state index is 6.95. The van der Waals surface area contributed by atoms with Gasteiger partial charge in [-0.2, -0.15) is 4.58 Å². The molecule has 2 unspecified atom stereocenters. The molecular formula is C43H58N3O+. The lowest BCUT2D eigenvalue weighted by atomic mass is 9.75. The Morgan fingerprint density at radius 1 is 0.894 bits per heavy atom. The van der Waals surface area contributed by atoms with Gasteiger partial charge in [0.2, 0.25) is 5.69 Å². The lowest BCUT2D eigenvalue weighted by molar-refractivity contribution is -0.435. The standard InChI is InChI=1S/C43H58N3O/c1-8-10-29-46-38-26-25-33(44-7)30-36(38)43(5,6)40(46)28-24-32-18-16-17-31(41(32)47-34-19-12-11-13-20-34)23-27-39-42(3,4)35-21-14-15-22-37(35)45(39)9-2/h11-15,19-22,25-26,30,32,40,44H,8-10,16-18,23-24,27-29H2,1-7H3/q+1. The van der Waals surface area contributed by atoms with E-state index in [1.54, 1.807) is 5.71 Å². The molecule has 3 aromatic carbocycles. The van der Waals surface area contributed by atoms with Gasteiger partial charge in [-0.15, -0.1) is 0 Å². The monoisotopic (exact) mass is 632 g/mol. The Labute approximate surface area is 284 Å². The smallest absolute Gasteiger partial charge is 0.209 e. The molecule has 0 bridgehead atoms. The van der Waals surface area contributed by atoms with Gasteiger partial charge >= 0.3 is 0 Å². The summed E-state index contributed by atoms with van der Waals surface area (Å²) in [6.45, 7) is 16.5. The van der Waals surface area contributed by atoms with Crippen LogP contribution < -0.4 is 15.0 Å². The second-order valence-corrected chi connectivity index (χ2v) is 15.1. The Bertz CT molecular complexity index is 1610. The van der Waals surface area contributed by atoms with E-state index in [4.69, 9.17) is 4.74 Å². The first kappa shape index (κ1) is 33.4. The number of hydrogen-bond acceptors (Lipinski definition) is 3. The molecule has 6 rings (SSSR count). The van der Waals surface area contributed by atoms with Crippen LogP contribution in [0.1, 0.15) is 110 Å². The third-order valence-corrected chi connectivity index (χ3v) is 11.7. The van der Waals surface area contributed by atoms with E-state index in [2.05, 4.69) is 129 Å². The molecular weight excluding hydrogens is 574 g/mol. The normalized spacial score (nSPS) is 21.2. The molecule has 1 aliphatic carbocycles. The second kappa shape index (κ2) is 13.9. The number of anilines is 2. The van der Waals surface area contributed by atoms with Gasteiger partial charge in [0.05, 0.1) is 5.41 Å². The summed E-state index contributed by atoms with van der Waals surface area (Å²) in [5.41, 5.74) is 10.2. The highest BCUT2D eigenvalue weighted by atomic mass is 16.5. The number of hydrogen-bond donors (Lipinski definition) is 1. The predicted octanol–water partition coefficient (Wildman–Crippen LogP) is 10.8. The van der Waals surface area contributed by atoms with E-state index in [1.165, 1.54) is 71.6 Å². The summed E-state index contributed by atoms with van der Waals surface area (Å²) in [7, 11) is 2.03. The average molecular weight is 633 g/mol. The van der Waals surface area contributed by atoms with Crippen LogP contribution in [0.25, 0.3) is 0 Å². The Hall–Kier alpha value is -3.53. The van der Waals surface area contributed by atoms with Crippen LogP contribution in [0.15, 0.2) is 84.1 Å². The van der Waals surface area contributed by atoms with Gasteiger partial charge in [0, 0.05) is 60.4 Å². The first-order chi connectivity index (χ1) is 22.7. The first-order valence-electron chi connectivity index (χ1n) is 18.5. The summed E-state index contributed by atoms with van der Waals surface area (Å²) in [6.07, 6.45) is 10.5. The number of para-hydroxylation sites is 2. The fraction of sp³-hybridized carbons (Fsp3) is 0.512. The van der Waals surface area contributed by atoms with E-state index in [-0.39, 0.29) is 10.8 Å². The summed E-state index contributed by atoms with van der Waals surface area (Å²) >= 11 is 0. The largest absolute Gasteiger partial charge is 0.461 e. The molecule has 1 N–H and O–H groups in total. The van der Waals surface area contributed by atoms with Crippen molar-refractivity contribution in [1.82, 2.24) is 0 Å². The van der Waals surface area contributed by atoms with Crippen molar-refractivity contribution in [1.29, 1.82) is 0 Å². The second-order valence-electron chi connectivity index (χ2n) is 15.1. The topological polar surface area (TPSA) is 27.5 Å². The molecule has 3 aliphatic rings. The van der Waals surface area contributed by atoms with Gasteiger partial charge in [-0.25, -0.2) is 0 Å². The molecule has 0 saturated carbocycles. The molecule has 47 heavy (non-hydrogen) atoms. The summed E-state index contributed by atoms with van der Waals surface area (Å²) in [5.74, 6) is 2.69. The zero-order valence-corrected chi connectivity index (χ0v) is 30.2. The van der Waals surface area contributed by atoms with Crippen LogP contribution in [-0.2, 0) is 10.8 Å². The molecule has 4 nitrogen and oxygen atoms in total. The van der Waals surface area contributed by atoms with Crippen LogP contribution >= 0.6 is 0 Å². The number of nitrogens with one attached hydrogen (secondary N) is 1. The van der Waals surface area contributed by atoms with E-state index in [0.717, 1.165) is 44.5 Å². The number of rotatable bonds is 13. The quantitative estimate of drug-likeness (QED) is 0.190. The van der Waals surface area contributed by atoms with Crippen molar-refractivity contribution in [3.8, 4) is 5.75 Å². The SMILES string of the molecule is CCCCN1c2ccc(NC)cc2C(C)(C)C1CCC1CCCC(CCC2=[N+](CC)c3ccccc3C2(C)C)=C1Oc1ccccc1. The van der Waals surface area contributed by atoms with Crippen LogP contribution in [-0.4, -0.2) is 36.5 Å². The Balaban J connectivity index is 1.28. The number of fused-ring (bicyclic) bond motifs is 2. The Morgan fingerprint density at radius 3 is 2.40 bits per heavy atom. The minimum Gasteiger partial charge on any atom is -0.461 e. The number of allylic oxidation sites excluding steroid dienone is 2. The van der Waals surface area contributed by atoms with Crippen LogP contribution in [0.5, 0.6) is 5.75 Å². The van der Waals surface area contributed by atoms with E-state index < -0.39 is 0 Å². The molecule has 0 spiro atoms. The summed E-state index contributed by atoms with van der Waals surface area (Å²) < 4.78 is 9.53. The van der Waals surface area contributed by atoms with Crippen LogP contribution in [0.4, 0.5) is 17.1 Å². The fourth-order valence-electron chi connectivity index (χ4n) is 9.03. The molecule has 0 radical (unpaired) electrons. The van der Waals surface area contributed by atoms with Crippen molar-refractivity contribution in [2.24, 2.45) is 5.92 Å². The van der Waals surface area contributed by atoms with Crippen molar-refractivity contribution in [3.05, 3.63) is 95.3 Å². The van der Waals surface area contributed by atoms with Crippen molar-refractivity contribution < 1.29 is 9.31 Å². The van der Waals surface area contributed by atoms with Crippen LogP contribution in [0, 0.1) is 5.92 Å². The minimum atomic E-state index is 0.0415. The van der Waals surface area contributed by atoms with Gasteiger partial charge in [-0.3, -0.25) is 0 Å². The van der Waals surface area contributed by atoms with Gasteiger partial charge in [-0.1, -0.05) is 63.6 Å². The van der Waals surface area contributed by atoms with Crippen LogP contribution in [0.3, 0.4) is 0 Å². The molecule has 0 amide bonds. The van der Waals surface area contributed by atoms with E-state index in [9.17, 15) is 0 Å². The summed E-state index contributed by atoms with van der Waals surface area (Å²) in [4.78, 5) is 2.75. The van der Waals surface area contributed by atoms with E-state index >= 15 is 0 Å². The Morgan fingerprint density at radius 2 is 1.66 bits per heavy atom. The molecule has 2 heterocycles. The van der Waals surface area contributed by atoms with Gasteiger partial charge in [0.15, 0.2) is 5.71 Å². The highest BCUT2D eigenvalue weighted by Crippen LogP contribution is 2.49. The van der Waals surface area contributed by atoms with Gasteiger partial charge in [0.1, 0.15) is 18.1 Å². The third-order valence-electron chi connectivity index (χ3n) is 11.7. The fourth-order valence-corrected chi connectivity index (χ4v) is 9.03. The number of nitrogens with zero attached hydrogens (tertiary/aromatic N) is 2. The van der Waals surface area contributed by atoms with Crippen molar-refractivity contribution in [2.45, 2.75) is 116 Å². The lowest BCUT2D eigenvalue weighted by Crippen LogP contribution is -2.42. The average Bonchev–Trinajstić information content (AvgIpc) is 3.44. The maximum absolute atomic E-state index is 6.95. The molecule has 2 atom stereocenters. The molecule has 3 aromatic rings. The summed E-state index contributed by atoms with van der Waals surface area (Å²) in [6, 6.07) is 27.1. The first-order valence-corrected chi connectivity index (χ1v) is 18.5. The van der Waals surface area contributed by atoms with Gasteiger partial charge in [-0.05, 0) is 107 Å². The Kier molecular flexibility index (Phi) is 9.88. The maximum Gasteiger partial charge on any atom is 0.209 e. The highest BCUT2D eigenvalue weighted by molar-refractivity contribution is 5.95. The zero-order chi connectivity index (χ0) is 33.2. The van der Waals surface area contributed by atoms with Crippen LogP contribution in [0.2, 0.25) is 0 Å². The van der Waals surface area contributed by atoms with Gasteiger partial charge in [0.25, 0.3) is 0 Å².